The number of nitrogens with one attached hydrogen (secondary N) is 1. The molecule has 1 aromatic heterocycles. The third-order valence-electron chi connectivity index (χ3n) is 4.76. The number of ether oxygens (including phenoxy) is 1. The highest BCUT2D eigenvalue weighted by molar-refractivity contribution is 5.97. The van der Waals surface area contributed by atoms with Crippen LogP contribution >= 0.6 is 0 Å². The molecule has 0 aliphatic carbocycles. The van der Waals surface area contributed by atoms with Crippen molar-refractivity contribution in [3.8, 4) is 5.75 Å². The Kier molecular flexibility index (Phi) is 5.24. The van der Waals surface area contributed by atoms with Gasteiger partial charge in [-0.15, -0.1) is 0 Å². The lowest BCUT2D eigenvalue weighted by molar-refractivity contribution is 0.0951. The Morgan fingerprint density at radius 2 is 1.76 bits per heavy atom. The molecule has 0 atom stereocenters. The number of benzene rings is 3. The van der Waals surface area contributed by atoms with Gasteiger partial charge in [-0.25, -0.2) is 4.39 Å². The minimum atomic E-state index is -0.269. The largest absolute Gasteiger partial charge is 0.497 e. The van der Waals surface area contributed by atoms with Crippen LogP contribution in [0.3, 0.4) is 0 Å². The van der Waals surface area contributed by atoms with Crippen LogP contribution in [0.4, 0.5) is 4.39 Å². The second-order valence-corrected chi connectivity index (χ2v) is 6.73. The maximum Gasteiger partial charge on any atom is 0.251 e. The maximum atomic E-state index is 13.1. The molecule has 0 aliphatic rings. The first-order chi connectivity index (χ1) is 14.1. The lowest BCUT2D eigenvalue weighted by Gasteiger charge is -2.08. The van der Waals surface area contributed by atoms with Crippen molar-refractivity contribution in [1.82, 2.24) is 15.1 Å². The van der Waals surface area contributed by atoms with Crippen molar-refractivity contribution in [2.24, 2.45) is 0 Å². The van der Waals surface area contributed by atoms with Gasteiger partial charge in [0.2, 0.25) is 0 Å². The van der Waals surface area contributed by atoms with Crippen LogP contribution in [0.1, 0.15) is 21.5 Å². The molecule has 0 fully saturated rings. The molecular formula is C23H20FN3O2. The molecule has 6 heteroatoms. The van der Waals surface area contributed by atoms with E-state index in [9.17, 15) is 9.18 Å². The average Bonchev–Trinajstić information content (AvgIpc) is 3.16. The van der Waals surface area contributed by atoms with Crippen LogP contribution < -0.4 is 10.1 Å². The molecule has 0 bridgehead atoms. The molecule has 0 spiro atoms. The number of carbonyl (C=O) groups is 1. The second-order valence-electron chi connectivity index (χ2n) is 6.73. The molecular weight excluding hydrogens is 369 g/mol. The quantitative estimate of drug-likeness (QED) is 0.539. The summed E-state index contributed by atoms with van der Waals surface area (Å²) >= 11 is 0. The number of hydrogen-bond acceptors (Lipinski definition) is 3. The van der Waals surface area contributed by atoms with Gasteiger partial charge in [0.25, 0.3) is 5.91 Å². The van der Waals surface area contributed by atoms with Crippen molar-refractivity contribution in [2.75, 3.05) is 7.11 Å². The van der Waals surface area contributed by atoms with E-state index in [1.165, 1.54) is 12.1 Å². The summed E-state index contributed by atoms with van der Waals surface area (Å²) in [5.74, 6) is 0.354. The van der Waals surface area contributed by atoms with E-state index in [0.717, 1.165) is 27.8 Å². The maximum absolute atomic E-state index is 13.1. The zero-order chi connectivity index (χ0) is 20.2. The molecule has 146 valence electrons. The van der Waals surface area contributed by atoms with E-state index in [4.69, 9.17) is 4.74 Å². The van der Waals surface area contributed by atoms with Gasteiger partial charge in [-0.05, 0) is 47.5 Å². The van der Waals surface area contributed by atoms with E-state index < -0.39 is 0 Å². The van der Waals surface area contributed by atoms with Gasteiger partial charge in [-0.3, -0.25) is 9.48 Å². The number of carbonyl (C=O) groups excluding carboxylic acids is 1. The summed E-state index contributed by atoms with van der Waals surface area (Å²) < 4.78 is 20.1. The number of methoxy groups -OCH3 is 1. The molecule has 5 nitrogen and oxygen atoms in total. The minimum absolute atomic E-state index is 0.155. The highest BCUT2D eigenvalue weighted by Gasteiger charge is 2.10. The lowest BCUT2D eigenvalue weighted by Crippen LogP contribution is -2.22. The fourth-order valence-corrected chi connectivity index (χ4v) is 3.13. The summed E-state index contributed by atoms with van der Waals surface area (Å²) in [5.41, 5.74) is 3.34. The molecule has 4 aromatic rings. The number of aromatic nitrogens is 2. The molecule has 29 heavy (non-hydrogen) atoms. The van der Waals surface area contributed by atoms with E-state index >= 15 is 0 Å². The summed E-state index contributed by atoms with van der Waals surface area (Å²) in [7, 11) is 1.62. The summed E-state index contributed by atoms with van der Waals surface area (Å²) in [4.78, 5) is 12.6. The Labute approximate surface area is 167 Å². The second kappa shape index (κ2) is 8.14. The summed E-state index contributed by atoms with van der Waals surface area (Å²) in [6.07, 6.45) is 1.76. The van der Waals surface area contributed by atoms with Crippen LogP contribution in [0.25, 0.3) is 10.9 Å². The third kappa shape index (κ3) is 4.27. The van der Waals surface area contributed by atoms with Crippen LogP contribution in [0, 0.1) is 5.82 Å². The first-order valence-electron chi connectivity index (χ1n) is 9.23. The number of hydrogen-bond donors (Lipinski definition) is 1. The normalized spacial score (nSPS) is 10.8. The zero-order valence-electron chi connectivity index (χ0n) is 15.9. The Balaban J connectivity index is 1.49. The zero-order valence-corrected chi connectivity index (χ0v) is 15.9. The van der Waals surface area contributed by atoms with E-state index in [2.05, 4.69) is 10.4 Å². The van der Waals surface area contributed by atoms with Gasteiger partial charge in [0, 0.05) is 17.5 Å². The number of rotatable bonds is 6. The fourth-order valence-electron chi connectivity index (χ4n) is 3.13. The molecule has 1 amide bonds. The standard InChI is InChI=1S/C23H20FN3O2/c1-29-21-10-4-16(5-11-21)13-25-23(28)18-6-7-19-14-26-27(22(19)12-18)15-17-2-8-20(24)9-3-17/h2-12,14H,13,15H2,1H3,(H,25,28). The number of fused-ring (bicyclic) bond motifs is 1. The van der Waals surface area contributed by atoms with Gasteiger partial charge >= 0.3 is 0 Å². The Morgan fingerprint density at radius 3 is 2.48 bits per heavy atom. The van der Waals surface area contributed by atoms with Crippen molar-refractivity contribution in [2.45, 2.75) is 13.1 Å². The molecule has 0 radical (unpaired) electrons. The summed E-state index contributed by atoms with van der Waals surface area (Å²) in [5, 5.41) is 8.28. The molecule has 4 rings (SSSR count). The number of amides is 1. The number of halogens is 1. The fraction of sp³-hybridized carbons (Fsp3) is 0.130. The van der Waals surface area contributed by atoms with E-state index in [0.29, 0.717) is 18.7 Å². The molecule has 0 unspecified atom stereocenters. The van der Waals surface area contributed by atoms with Crippen LogP contribution in [0.2, 0.25) is 0 Å². The van der Waals surface area contributed by atoms with E-state index in [1.54, 1.807) is 31.5 Å². The highest BCUT2D eigenvalue weighted by Crippen LogP contribution is 2.18. The Morgan fingerprint density at radius 1 is 1.03 bits per heavy atom. The molecule has 1 heterocycles. The van der Waals surface area contributed by atoms with Crippen molar-refractivity contribution in [3.05, 3.63) is 95.4 Å². The van der Waals surface area contributed by atoms with Gasteiger partial charge < -0.3 is 10.1 Å². The third-order valence-corrected chi connectivity index (χ3v) is 4.76. The Hall–Kier alpha value is -3.67. The van der Waals surface area contributed by atoms with Gasteiger partial charge in [-0.2, -0.15) is 5.10 Å². The minimum Gasteiger partial charge on any atom is -0.497 e. The highest BCUT2D eigenvalue weighted by atomic mass is 19.1. The van der Waals surface area contributed by atoms with Gasteiger partial charge in [0.05, 0.1) is 25.4 Å². The Bertz CT molecular complexity index is 1140. The smallest absolute Gasteiger partial charge is 0.251 e. The van der Waals surface area contributed by atoms with Crippen LogP contribution in [0.15, 0.2) is 72.9 Å². The summed E-state index contributed by atoms with van der Waals surface area (Å²) in [6.45, 7) is 0.927. The van der Waals surface area contributed by atoms with Gasteiger partial charge in [-0.1, -0.05) is 30.3 Å². The number of nitrogens with zero attached hydrogens (tertiary/aromatic N) is 2. The van der Waals surface area contributed by atoms with E-state index in [1.807, 2.05) is 41.1 Å². The molecule has 0 aliphatic heterocycles. The first-order valence-corrected chi connectivity index (χ1v) is 9.23. The molecule has 1 N–H and O–H groups in total. The molecule has 3 aromatic carbocycles. The van der Waals surface area contributed by atoms with Crippen LogP contribution in [-0.2, 0) is 13.1 Å². The predicted molar refractivity (Wildman–Crippen MR) is 109 cm³/mol. The average molecular weight is 389 g/mol. The topological polar surface area (TPSA) is 56.1 Å². The van der Waals surface area contributed by atoms with Gasteiger partial charge in [0.1, 0.15) is 11.6 Å². The first kappa shape index (κ1) is 18.7. The van der Waals surface area contributed by atoms with Crippen molar-refractivity contribution in [3.63, 3.8) is 0 Å². The summed E-state index contributed by atoms with van der Waals surface area (Å²) in [6, 6.07) is 19.4. The van der Waals surface area contributed by atoms with Crippen molar-refractivity contribution in [1.29, 1.82) is 0 Å². The van der Waals surface area contributed by atoms with Gasteiger partial charge in [0.15, 0.2) is 0 Å². The monoisotopic (exact) mass is 389 g/mol. The molecule has 0 saturated carbocycles. The van der Waals surface area contributed by atoms with Crippen LogP contribution in [0.5, 0.6) is 5.75 Å². The van der Waals surface area contributed by atoms with Crippen molar-refractivity contribution < 1.29 is 13.9 Å². The lowest BCUT2D eigenvalue weighted by atomic mass is 10.1. The van der Waals surface area contributed by atoms with Crippen molar-refractivity contribution >= 4 is 16.8 Å². The predicted octanol–water partition coefficient (Wildman–Crippen LogP) is 4.16. The van der Waals surface area contributed by atoms with E-state index in [-0.39, 0.29) is 11.7 Å². The SMILES string of the molecule is COc1ccc(CNC(=O)c2ccc3cnn(Cc4ccc(F)cc4)c3c2)cc1. The molecule has 0 saturated heterocycles. The van der Waals surface area contributed by atoms with Crippen LogP contribution in [-0.4, -0.2) is 22.8 Å².